The molecule has 0 atom stereocenters. The van der Waals surface area contributed by atoms with E-state index in [9.17, 15) is 0 Å². The van der Waals surface area contributed by atoms with E-state index in [0.29, 0.717) is 0 Å². The van der Waals surface area contributed by atoms with Gasteiger partial charge in [0.15, 0.2) is 0 Å². The maximum absolute atomic E-state index is 8.89. The second kappa shape index (κ2) is 8.97. The zero-order chi connectivity index (χ0) is 3.58. The molecule has 4 heteroatoms. The number of carbonyl (C=O) groups is 1. The number of hydrogen-bond donors (Lipinski definition) is 1. The third kappa shape index (κ3) is 843. The van der Waals surface area contributed by atoms with Gasteiger partial charge in [-0.1, -0.05) is 0 Å². The van der Waals surface area contributed by atoms with Gasteiger partial charge in [-0.05, 0) is 6.92 Å². The molecule has 3 nitrogen and oxygen atoms in total. The van der Waals surface area contributed by atoms with Crippen molar-refractivity contribution >= 4 is 29.9 Å². The van der Waals surface area contributed by atoms with Crippen LogP contribution in [0.2, 0.25) is 0 Å². The van der Waals surface area contributed by atoms with E-state index in [-0.39, 0.29) is 30.1 Å². The zero-order valence-corrected chi connectivity index (χ0v) is 6.67. The van der Waals surface area contributed by atoms with E-state index in [4.69, 9.17) is 9.90 Å². The molecule has 0 spiro atoms. The molecule has 0 aromatic carbocycles. The molecule has 0 bridgehead atoms. The summed E-state index contributed by atoms with van der Waals surface area (Å²) in [5.41, 5.74) is 0. The Morgan fingerprint density at radius 2 is 1.67 bits per heavy atom. The van der Waals surface area contributed by atoms with E-state index in [0.717, 1.165) is 6.92 Å². The first-order valence-corrected chi connectivity index (χ1v) is 0.908. The van der Waals surface area contributed by atoms with Crippen molar-refractivity contribution in [1.29, 1.82) is 0 Å². The molecule has 0 aliphatic rings. The standard InChI is InChI=1S/C2H4O2.H3N.Sn/c1-2(3)4;;/h1H3,(H,3,4);1H3;. The van der Waals surface area contributed by atoms with Gasteiger partial charge in [-0.25, -0.2) is 0 Å². The number of carbonyl (C=O) groups excluding carboxylic acids is 1. The Labute approximate surface area is 53.3 Å². The predicted molar refractivity (Wildman–Crippen MR) is 22.4 cm³/mol. The first kappa shape index (κ1) is 16.3. The van der Waals surface area contributed by atoms with Crippen LogP contribution in [0.1, 0.15) is 6.92 Å². The van der Waals surface area contributed by atoms with Crippen molar-refractivity contribution in [3.63, 3.8) is 0 Å². The van der Waals surface area contributed by atoms with Crippen molar-refractivity contribution < 1.29 is 9.90 Å². The van der Waals surface area contributed by atoms with Crippen LogP contribution in [-0.2, 0) is 4.79 Å². The zero-order valence-electron chi connectivity index (χ0n) is 3.82. The molecule has 0 saturated carbocycles. The minimum Gasteiger partial charge on any atom is -0.550 e. The number of rotatable bonds is 0. The Balaban J connectivity index is -0.0000000450. The number of carboxylic acid groups (broad SMARTS) is 1. The van der Waals surface area contributed by atoms with Crippen LogP contribution < -0.4 is 11.3 Å². The van der Waals surface area contributed by atoms with E-state index in [1.54, 1.807) is 0 Å². The van der Waals surface area contributed by atoms with Crippen molar-refractivity contribution in [2.45, 2.75) is 6.92 Å². The van der Waals surface area contributed by atoms with Crippen molar-refractivity contribution in [2.24, 2.45) is 0 Å². The van der Waals surface area contributed by atoms with Crippen LogP contribution in [0, 0.1) is 0 Å². The third-order valence-corrected chi connectivity index (χ3v) is 0. The summed E-state index contributed by atoms with van der Waals surface area (Å²) >= 11 is 0. The van der Waals surface area contributed by atoms with Gasteiger partial charge in [-0.2, -0.15) is 0 Å². The fourth-order valence-corrected chi connectivity index (χ4v) is 0. The predicted octanol–water partition coefficient (Wildman–Crippen LogP) is -1.25. The second-order valence-corrected chi connectivity index (χ2v) is 0.492. The smallest absolute Gasteiger partial charge is 0.0383 e. The maximum Gasteiger partial charge on any atom is 0.0383 e. The van der Waals surface area contributed by atoms with E-state index in [2.05, 4.69) is 0 Å². The topological polar surface area (TPSA) is 76.6 Å². The maximum atomic E-state index is 8.89. The molecule has 0 saturated heterocycles. The summed E-state index contributed by atoms with van der Waals surface area (Å²) in [6.45, 7) is 0.972. The Morgan fingerprint density at radius 3 is 1.67 bits per heavy atom. The van der Waals surface area contributed by atoms with Crippen LogP contribution in [0.5, 0.6) is 0 Å². The molecule has 0 aromatic heterocycles. The molecule has 0 aliphatic carbocycles. The monoisotopic (exact) mass is 197 g/mol. The van der Waals surface area contributed by atoms with Gasteiger partial charge in [-0.3, -0.25) is 0 Å². The van der Waals surface area contributed by atoms with E-state index >= 15 is 0 Å². The average Bonchev–Trinajstić information content (AvgIpc) is 0.811. The van der Waals surface area contributed by atoms with Crippen LogP contribution in [0.15, 0.2) is 0 Å². The number of aliphatic carboxylic acids is 1. The molecule has 6 heavy (non-hydrogen) atoms. The summed E-state index contributed by atoms with van der Waals surface area (Å²) in [6.07, 6.45) is 0. The first-order chi connectivity index (χ1) is 1.73. The molecule has 0 heterocycles. The van der Waals surface area contributed by atoms with Crippen molar-refractivity contribution in [3.05, 3.63) is 0 Å². The fraction of sp³-hybridized carbons (Fsp3) is 0.500. The molecular weight excluding hydrogens is 189 g/mol. The molecule has 4 radical (unpaired) electrons. The Bertz CT molecular complexity index is 34.5. The van der Waals surface area contributed by atoms with Gasteiger partial charge in [0.2, 0.25) is 0 Å². The van der Waals surface area contributed by atoms with Gasteiger partial charge in [-0.15, -0.1) is 0 Å². The minimum atomic E-state index is -1.08. The van der Waals surface area contributed by atoms with Gasteiger partial charge in [0.05, 0.1) is 0 Å². The Kier molecular flexibility index (Phi) is 24.4. The van der Waals surface area contributed by atoms with Gasteiger partial charge in [0.25, 0.3) is 0 Å². The SMILES string of the molecule is CC(=O)[O-].[NH4+].[Sn]. The molecule has 0 aliphatic heterocycles. The van der Waals surface area contributed by atoms with Crippen LogP contribution in [0.4, 0.5) is 0 Å². The molecule has 0 aromatic rings. The van der Waals surface area contributed by atoms with E-state index < -0.39 is 5.97 Å². The summed E-state index contributed by atoms with van der Waals surface area (Å²) in [4.78, 5) is 8.89. The van der Waals surface area contributed by atoms with Gasteiger partial charge in [0, 0.05) is 29.9 Å². The van der Waals surface area contributed by atoms with Gasteiger partial charge in [0.1, 0.15) is 0 Å². The molecular formula is C2H7NO2Sn. The minimum absolute atomic E-state index is 0. The summed E-state index contributed by atoms with van der Waals surface area (Å²) in [6, 6.07) is 0. The van der Waals surface area contributed by atoms with Crippen molar-refractivity contribution in [1.82, 2.24) is 6.15 Å². The van der Waals surface area contributed by atoms with Crippen LogP contribution in [-0.4, -0.2) is 29.9 Å². The fourth-order valence-electron chi connectivity index (χ4n) is 0. The van der Waals surface area contributed by atoms with E-state index in [1.807, 2.05) is 0 Å². The number of hydrogen-bond acceptors (Lipinski definition) is 2. The molecule has 0 amide bonds. The first-order valence-electron chi connectivity index (χ1n) is 0.908. The van der Waals surface area contributed by atoms with Gasteiger partial charge >= 0.3 is 0 Å². The second-order valence-electron chi connectivity index (χ2n) is 0.492. The largest absolute Gasteiger partial charge is 0.550 e. The Morgan fingerprint density at radius 1 is 1.67 bits per heavy atom. The van der Waals surface area contributed by atoms with Crippen LogP contribution >= 0.6 is 0 Å². The van der Waals surface area contributed by atoms with E-state index in [1.165, 1.54) is 0 Å². The molecule has 0 unspecified atom stereocenters. The van der Waals surface area contributed by atoms with Gasteiger partial charge < -0.3 is 16.1 Å². The molecule has 36 valence electrons. The summed E-state index contributed by atoms with van der Waals surface area (Å²) in [7, 11) is 0. The molecule has 4 N–H and O–H groups in total. The summed E-state index contributed by atoms with van der Waals surface area (Å²) < 4.78 is 0. The third-order valence-electron chi connectivity index (χ3n) is 0. The normalized spacial score (nSPS) is 4.17. The summed E-state index contributed by atoms with van der Waals surface area (Å²) in [5.74, 6) is -1.08. The summed E-state index contributed by atoms with van der Waals surface area (Å²) in [5, 5.41) is 8.89. The quantitative estimate of drug-likeness (QED) is 0.491. The average molecular weight is 196 g/mol. The Hall–Kier alpha value is 0.229. The number of quaternary nitrogens is 1. The van der Waals surface area contributed by atoms with Crippen LogP contribution in [0.3, 0.4) is 0 Å². The van der Waals surface area contributed by atoms with Crippen LogP contribution in [0.25, 0.3) is 0 Å². The molecule has 0 fully saturated rings. The van der Waals surface area contributed by atoms with Crippen molar-refractivity contribution in [2.75, 3.05) is 0 Å². The molecule has 0 rings (SSSR count). The number of carboxylic acids is 1. The van der Waals surface area contributed by atoms with Crippen molar-refractivity contribution in [3.8, 4) is 0 Å².